The molecule has 1 aromatic rings. The van der Waals surface area contributed by atoms with Crippen LogP contribution in [-0.2, 0) is 0 Å². The van der Waals surface area contributed by atoms with E-state index in [4.69, 9.17) is 5.73 Å². The summed E-state index contributed by atoms with van der Waals surface area (Å²) >= 11 is 2.98. The fraction of sp³-hybridized carbons (Fsp3) is 0.500. The number of nitrogens with two attached hydrogens (primary N) is 1. The van der Waals surface area contributed by atoms with Crippen LogP contribution in [-0.4, -0.2) is 24.1 Å². The van der Waals surface area contributed by atoms with Crippen molar-refractivity contribution in [3.8, 4) is 0 Å². The quantitative estimate of drug-likeness (QED) is 0.682. The molecule has 1 saturated heterocycles. The van der Waals surface area contributed by atoms with Gasteiger partial charge >= 0.3 is 0 Å². The highest BCUT2D eigenvalue weighted by Crippen LogP contribution is 2.38. The van der Waals surface area contributed by atoms with Gasteiger partial charge in [-0.25, -0.2) is 4.39 Å². The maximum atomic E-state index is 13.7. The minimum atomic E-state index is -0.496. The number of nitro groups is 1. The Kier molecular flexibility index (Phi) is 4.05. The van der Waals surface area contributed by atoms with Crippen molar-refractivity contribution < 1.29 is 9.31 Å². The molecule has 104 valence electrons. The molecule has 0 radical (unpaired) electrons. The summed E-state index contributed by atoms with van der Waals surface area (Å²) in [6, 6.07) is 2.55. The molecule has 1 aliphatic rings. The molecule has 0 aliphatic carbocycles. The van der Waals surface area contributed by atoms with Crippen molar-refractivity contribution in [2.75, 3.05) is 18.0 Å². The fourth-order valence-electron chi connectivity index (χ4n) is 2.55. The fourth-order valence-corrected chi connectivity index (χ4v) is 2.88. The van der Waals surface area contributed by atoms with Crippen LogP contribution >= 0.6 is 15.9 Å². The second-order valence-corrected chi connectivity index (χ2v) is 5.71. The summed E-state index contributed by atoms with van der Waals surface area (Å²) in [5, 5.41) is 11.1. The van der Waals surface area contributed by atoms with E-state index in [1.165, 1.54) is 12.1 Å². The highest BCUT2D eigenvalue weighted by Gasteiger charge is 2.33. The van der Waals surface area contributed by atoms with Gasteiger partial charge < -0.3 is 10.6 Å². The zero-order chi connectivity index (χ0) is 14.2. The molecule has 1 heterocycles. The van der Waals surface area contributed by atoms with Crippen LogP contribution in [0.1, 0.15) is 13.3 Å². The summed E-state index contributed by atoms with van der Waals surface area (Å²) in [6.07, 6.45) is 0.866. The molecule has 0 aromatic heterocycles. The highest BCUT2D eigenvalue weighted by molar-refractivity contribution is 9.10. The van der Waals surface area contributed by atoms with E-state index in [1.807, 2.05) is 11.8 Å². The van der Waals surface area contributed by atoms with Crippen molar-refractivity contribution >= 4 is 27.3 Å². The Balaban J connectivity index is 2.44. The van der Waals surface area contributed by atoms with Crippen LogP contribution in [0.25, 0.3) is 0 Å². The first-order chi connectivity index (χ1) is 8.93. The molecule has 2 unspecified atom stereocenters. The Labute approximate surface area is 118 Å². The van der Waals surface area contributed by atoms with Gasteiger partial charge in [-0.15, -0.1) is 0 Å². The Hall–Kier alpha value is -1.21. The summed E-state index contributed by atoms with van der Waals surface area (Å²) in [7, 11) is 0. The summed E-state index contributed by atoms with van der Waals surface area (Å²) in [4.78, 5) is 12.5. The second kappa shape index (κ2) is 5.42. The number of halogens is 2. The topological polar surface area (TPSA) is 72.4 Å². The molecular weight excluding hydrogens is 317 g/mol. The van der Waals surface area contributed by atoms with Gasteiger partial charge in [-0.2, -0.15) is 0 Å². The van der Waals surface area contributed by atoms with Crippen LogP contribution in [0.3, 0.4) is 0 Å². The maximum absolute atomic E-state index is 13.7. The third-order valence-corrected chi connectivity index (χ3v) is 4.13. The van der Waals surface area contributed by atoms with E-state index in [1.54, 1.807) is 0 Å². The van der Waals surface area contributed by atoms with E-state index >= 15 is 0 Å². The van der Waals surface area contributed by atoms with Gasteiger partial charge in [0.1, 0.15) is 11.5 Å². The van der Waals surface area contributed by atoms with Gasteiger partial charge in [0.25, 0.3) is 5.69 Å². The zero-order valence-electron chi connectivity index (χ0n) is 10.5. The van der Waals surface area contributed by atoms with E-state index in [-0.39, 0.29) is 16.2 Å². The molecule has 1 aromatic carbocycles. The van der Waals surface area contributed by atoms with Crippen LogP contribution < -0.4 is 10.6 Å². The average molecular weight is 332 g/mol. The lowest BCUT2D eigenvalue weighted by atomic mass is 10.1. The molecule has 7 heteroatoms. The van der Waals surface area contributed by atoms with E-state index in [0.717, 1.165) is 6.42 Å². The number of hydrogen-bond donors (Lipinski definition) is 1. The molecule has 0 saturated carbocycles. The number of rotatable bonds is 3. The summed E-state index contributed by atoms with van der Waals surface area (Å²) < 4.78 is 13.8. The lowest BCUT2D eigenvalue weighted by Gasteiger charge is -2.23. The van der Waals surface area contributed by atoms with Crippen molar-refractivity contribution in [1.82, 2.24) is 0 Å². The van der Waals surface area contributed by atoms with Gasteiger partial charge in [-0.3, -0.25) is 10.1 Å². The van der Waals surface area contributed by atoms with E-state index in [9.17, 15) is 14.5 Å². The van der Waals surface area contributed by atoms with E-state index in [0.29, 0.717) is 24.7 Å². The van der Waals surface area contributed by atoms with Crippen LogP contribution in [0.2, 0.25) is 0 Å². The van der Waals surface area contributed by atoms with Gasteiger partial charge in [-0.05, 0) is 41.7 Å². The van der Waals surface area contributed by atoms with Gasteiger partial charge in [-0.1, -0.05) is 0 Å². The molecule has 0 spiro atoms. The van der Waals surface area contributed by atoms with Gasteiger partial charge in [0.15, 0.2) is 0 Å². The van der Waals surface area contributed by atoms with Crippen LogP contribution in [0.5, 0.6) is 0 Å². The Morgan fingerprint density at radius 3 is 2.84 bits per heavy atom. The monoisotopic (exact) mass is 331 g/mol. The number of anilines is 1. The smallest absolute Gasteiger partial charge is 0.293 e. The summed E-state index contributed by atoms with van der Waals surface area (Å²) in [6.45, 7) is 3.13. The molecule has 19 heavy (non-hydrogen) atoms. The standard InChI is InChI=1S/C12H15BrFN3O2/c1-7-2-8(5-15)6-16(7)11-4-10(14)9(13)3-12(11)17(18)19/h3-4,7-8H,2,5-6,15H2,1H3. The zero-order valence-corrected chi connectivity index (χ0v) is 12.1. The minimum absolute atomic E-state index is 0.0854. The predicted octanol–water partition coefficient (Wildman–Crippen LogP) is 2.67. The van der Waals surface area contributed by atoms with E-state index in [2.05, 4.69) is 15.9 Å². The first-order valence-electron chi connectivity index (χ1n) is 6.04. The molecule has 2 N–H and O–H groups in total. The van der Waals surface area contributed by atoms with E-state index < -0.39 is 10.7 Å². The minimum Gasteiger partial charge on any atom is -0.363 e. The number of hydrogen-bond acceptors (Lipinski definition) is 4. The molecular formula is C12H15BrFN3O2. The average Bonchev–Trinajstić information content (AvgIpc) is 2.73. The van der Waals surface area contributed by atoms with Crippen LogP contribution in [0, 0.1) is 21.8 Å². The Bertz CT molecular complexity index is 512. The highest BCUT2D eigenvalue weighted by atomic mass is 79.9. The van der Waals surface area contributed by atoms with Crippen molar-refractivity contribution in [3.05, 3.63) is 32.5 Å². The Morgan fingerprint density at radius 1 is 1.63 bits per heavy atom. The van der Waals surface area contributed by atoms with Crippen LogP contribution in [0.15, 0.2) is 16.6 Å². The third-order valence-electron chi connectivity index (χ3n) is 3.52. The van der Waals surface area contributed by atoms with Crippen molar-refractivity contribution in [1.29, 1.82) is 0 Å². The third kappa shape index (κ3) is 2.71. The van der Waals surface area contributed by atoms with Gasteiger partial charge in [0.2, 0.25) is 0 Å². The maximum Gasteiger partial charge on any atom is 0.293 e. The molecule has 1 fully saturated rings. The number of nitro benzene ring substituents is 1. The van der Waals surface area contributed by atoms with Crippen LogP contribution in [0.4, 0.5) is 15.8 Å². The summed E-state index contributed by atoms with van der Waals surface area (Å²) in [5.74, 6) is -0.203. The van der Waals surface area contributed by atoms with Gasteiger partial charge in [0.05, 0.1) is 9.40 Å². The summed E-state index contributed by atoms with van der Waals surface area (Å²) in [5.41, 5.74) is 5.89. The predicted molar refractivity (Wildman–Crippen MR) is 74.7 cm³/mol. The first kappa shape index (κ1) is 14.2. The largest absolute Gasteiger partial charge is 0.363 e. The normalized spacial score (nSPS) is 22.8. The van der Waals surface area contributed by atoms with Crippen molar-refractivity contribution in [2.45, 2.75) is 19.4 Å². The molecule has 2 atom stereocenters. The van der Waals surface area contributed by atoms with Gasteiger partial charge in [0, 0.05) is 24.7 Å². The SMILES string of the molecule is CC1CC(CN)CN1c1cc(F)c(Br)cc1[N+](=O)[O-]. The molecule has 1 aliphatic heterocycles. The second-order valence-electron chi connectivity index (χ2n) is 4.85. The molecule has 0 amide bonds. The molecule has 0 bridgehead atoms. The number of nitrogens with zero attached hydrogens (tertiary/aromatic N) is 2. The van der Waals surface area contributed by atoms with Crippen molar-refractivity contribution in [3.63, 3.8) is 0 Å². The van der Waals surface area contributed by atoms with Crippen molar-refractivity contribution in [2.24, 2.45) is 11.7 Å². The lowest BCUT2D eigenvalue weighted by molar-refractivity contribution is -0.384. The molecule has 5 nitrogen and oxygen atoms in total. The first-order valence-corrected chi connectivity index (χ1v) is 6.83. The molecule has 2 rings (SSSR count). The number of benzene rings is 1. The Morgan fingerprint density at radius 2 is 2.32 bits per heavy atom. The lowest BCUT2D eigenvalue weighted by Crippen LogP contribution is -2.28.